The molecule has 0 radical (unpaired) electrons. The lowest BCUT2D eigenvalue weighted by atomic mass is 9.98. The zero-order valence-corrected chi connectivity index (χ0v) is 10.8. The van der Waals surface area contributed by atoms with Crippen LogP contribution in [0.25, 0.3) is 0 Å². The normalized spacial score (nSPS) is 12.4. The first kappa shape index (κ1) is 11.8. The van der Waals surface area contributed by atoms with Crippen LogP contribution in [-0.4, -0.2) is 7.11 Å². The van der Waals surface area contributed by atoms with Crippen molar-refractivity contribution in [3.63, 3.8) is 0 Å². The van der Waals surface area contributed by atoms with Crippen LogP contribution >= 0.6 is 19.2 Å². The van der Waals surface area contributed by atoms with Gasteiger partial charge in [0.1, 0.15) is 5.75 Å². The van der Waals surface area contributed by atoms with Crippen molar-refractivity contribution < 1.29 is 4.74 Å². The number of ether oxygens (including phenoxy) is 1. The number of halogens is 1. The second-order valence-electron chi connectivity index (χ2n) is 3.88. The molecular formula is C11H16ClOP. The summed E-state index contributed by atoms with van der Waals surface area (Å²) in [7, 11) is 2.06. The second-order valence-corrected chi connectivity index (χ2v) is 5.88. The van der Waals surface area contributed by atoms with Gasteiger partial charge in [0.2, 0.25) is 0 Å². The summed E-state index contributed by atoms with van der Waals surface area (Å²) in [6.45, 7) is 6.32. The van der Waals surface area contributed by atoms with Gasteiger partial charge in [-0.3, -0.25) is 0 Å². The number of hydrogen-bond acceptors (Lipinski definition) is 1. The molecule has 1 atom stereocenters. The summed E-state index contributed by atoms with van der Waals surface area (Å²) in [5.41, 5.74) is 2.35. The maximum Gasteiger partial charge on any atom is 0.125 e. The summed E-state index contributed by atoms with van der Waals surface area (Å²) in [5, 5.41) is -0.0150. The van der Waals surface area contributed by atoms with Gasteiger partial charge in [0.25, 0.3) is 0 Å². The number of benzene rings is 1. The monoisotopic (exact) mass is 230 g/mol. The Labute approximate surface area is 92.4 Å². The van der Waals surface area contributed by atoms with Crippen LogP contribution in [-0.2, 0) is 5.16 Å². The zero-order chi connectivity index (χ0) is 10.8. The highest BCUT2D eigenvalue weighted by molar-refractivity contribution is 7.69. The minimum absolute atomic E-state index is 0.0150. The van der Waals surface area contributed by atoms with Crippen molar-refractivity contribution in [3.05, 3.63) is 29.3 Å². The first-order valence-electron chi connectivity index (χ1n) is 4.55. The first-order chi connectivity index (χ1) is 6.53. The third-order valence-corrected chi connectivity index (χ3v) is 4.48. The fourth-order valence-electron chi connectivity index (χ4n) is 1.47. The van der Waals surface area contributed by atoms with E-state index in [0.717, 1.165) is 11.3 Å². The fourth-order valence-corrected chi connectivity index (χ4v) is 2.07. The molecule has 1 aromatic carbocycles. The van der Waals surface area contributed by atoms with Crippen molar-refractivity contribution in [2.75, 3.05) is 7.11 Å². The SMILES string of the molecule is COc1c(C)cccc1C(C)(C)PCl. The van der Waals surface area contributed by atoms with Crippen LogP contribution in [0.4, 0.5) is 0 Å². The molecule has 78 valence electrons. The maximum atomic E-state index is 5.98. The highest BCUT2D eigenvalue weighted by atomic mass is 35.7. The Kier molecular flexibility index (Phi) is 3.80. The van der Waals surface area contributed by atoms with Gasteiger partial charge in [-0.05, 0) is 20.4 Å². The molecule has 0 aliphatic heterocycles. The molecule has 1 unspecified atom stereocenters. The molecule has 0 N–H and O–H groups in total. The van der Waals surface area contributed by atoms with Crippen molar-refractivity contribution in [3.8, 4) is 5.75 Å². The Hall–Kier alpha value is -0.260. The quantitative estimate of drug-likeness (QED) is 0.712. The Morgan fingerprint density at radius 3 is 2.50 bits per heavy atom. The lowest BCUT2D eigenvalue weighted by Gasteiger charge is -2.25. The van der Waals surface area contributed by atoms with Crippen molar-refractivity contribution in [1.29, 1.82) is 0 Å². The highest BCUT2D eigenvalue weighted by Gasteiger charge is 2.24. The number of rotatable bonds is 3. The van der Waals surface area contributed by atoms with Crippen LogP contribution < -0.4 is 4.74 Å². The topological polar surface area (TPSA) is 9.23 Å². The second kappa shape index (κ2) is 4.51. The molecule has 0 aromatic heterocycles. The number of aryl methyl sites for hydroxylation is 1. The van der Waals surface area contributed by atoms with Crippen LogP contribution in [0, 0.1) is 6.92 Å². The van der Waals surface area contributed by atoms with Crippen molar-refractivity contribution in [1.82, 2.24) is 0 Å². The minimum atomic E-state index is -0.0150. The minimum Gasteiger partial charge on any atom is -0.496 e. The zero-order valence-electron chi connectivity index (χ0n) is 9.02. The lowest BCUT2D eigenvalue weighted by Crippen LogP contribution is -2.11. The molecule has 0 bridgehead atoms. The number of para-hydroxylation sites is 1. The Morgan fingerprint density at radius 2 is 2.00 bits per heavy atom. The summed E-state index contributed by atoms with van der Waals surface area (Å²) in [4.78, 5) is 0. The van der Waals surface area contributed by atoms with Crippen LogP contribution in [0.3, 0.4) is 0 Å². The molecule has 1 aromatic rings. The molecule has 0 saturated heterocycles. The van der Waals surface area contributed by atoms with Gasteiger partial charge in [-0.25, -0.2) is 0 Å². The Balaban J connectivity index is 3.27. The summed E-state index contributed by atoms with van der Waals surface area (Å²) in [5.74, 6) is 0.964. The van der Waals surface area contributed by atoms with E-state index in [0.29, 0.717) is 7.93 Å². The van der Waals surface area contributed by atoms with Crippen LogP contribution in [0.2, 0.25) is 0 Å². The predicted molar refractivity (Wildman–Crippen MR) is 64.9 cm³/mol. The molecule has 1 rings (SSSR count). The van der Waals surface area contributed by atoms with E-state index in [1.54, 1.807) is 7.11 Å². The van der Waals surface area contributed by atoms with Crippen LogP contribution in [0.5, 0.6) is 5.75 Å². The average molecular weight is 231 g/mol. The van der Waals surface area contributed by atoms with Crippen molar-refractivity contribution in [2.24, 2.45) is 0 Å². The van der Waals surface area contributed by atoms with E-state index in [9.17, 15) is 0 Å². The van der Waals surface area contributed by atoms with Gasteiger partial charge in [0.15, 0.2) is 0 Å². The number of methoxy groups -OCH3 is 1. The third kappa shape index (κ3) is 2.21. The lowest BCUT2D eigenvalue weighted by molar-refractivity contribution is 0.402. The predicted octanol–water partition coefficient (Wildman–Crippen LogP) is 4.07. The molecule has 0 saturated carbocycles. The molecule has 1 nitrogen and oxygen atoms in total. The highest BCUT2D eigenvalue weighted by Crippen LogP contribution is 2.47. The van der Waals surface area contributed by atoms with Crippen molar-refractivity contribution in [2.45, 2.75) is 25.9 Å². The molecule has 0 amide bonds. The molecule has 0 aliphatic rings. The molecule has 0 heterocycles. The first-order valence-corrected chi connectivity index (χ1v) is 6.56. The molecular weight excluding hydrogens is 215 g/mol. The molecule has 0 fully saturated rings. The van der Waals surface area contributed by atoms with Crippen LogP contribution in [0.15, 0.2) is 18.2 Å². The van der Waals surface area contributed by atoms with E-state index in [2.05, 4.69) is 32.9 Å². The summed E-state index contributed by atoms with van der Waals surface area (Å²) in [6, 6.07) is 6.18. The molecule has 14 heavy (non-hydrogen) atoms. The molecule has 0 aliphatic carbocycles. The standard InChI is InChI=1S/C11H16ClOP/c1-8-6-5-7-9(10(8)13-4)11(2,3)14-12/h5-7,14H,1-4H3. The third-order valence-electron chi connectivity index (χ3n) is 2.33. The van der Waals surface area contributed by atoms with Gasteiger partial charge in [0, 0.05) is 10.7 Å². The maximum absolute atomic E-state index is 5.98. The van der Waals surface area contributed by atoms with E-state index >= 15 is 0 Å². The van der Waals surface area contributed by atoms with E-state index < -0.39 is 0 Å². The fraction of sp³-hybridized carbons (Fsp3) is 0.455. The smallest absolute Gasteiger partial charge is 0.125 e. The largest absolute Gasteiger partial charge is 0.496 e. The Morgan fingerprint density at radius 1 is 1.36 bits per heavy atom. The van der Waals surface area contributed by atoms with Crippen LogP contribution in [0.1, 0.15) is 25.0 Å². The van der Waals surface area contributed by atoms with Gasteiger partial charge in [-0.1, -0.05) is 43.3 Å². The van der Waals surface area contributed by atoms with Gasteiger partial charge < -0.3 is 4.74 Å². The number of hydrogen-bond donors (Lipinski definition) is 0. The van der Waals surface area contributed by atoms with E-state index in [1.807, 2.05) is 6.07 Å². The van der Waals surface area contributed by atoms with Gasteiger partial charge in [-0.2, -0.15) is 0 Å². The average Bonchev–Trinajstić information content (AvgIpc) is 2.17. The molecule has 0 spiro atoms. The van der Waals surface area contributed by atoms with E-state index in [1.165, 1.54) is 5.56 Å². The van der Waals surface area contributed by atoms with Gasteiger partial charge in [0.05, 0.1) is 7.11 Å². The van der Waals surface area contributed by atoms with Crippen molar-refractivity contribution >= 4 is 19.2 Å². The summed E-state index contributed by atoms with van der Waals surface area (Å²) < 4.78 is 5.41. The van der Waals surface area contributed by atoms with E-state index in [4.69, 9.17) is 16.0 Å². The Bertz CT molecular complexity index is 323. The van der Waals surface area contributed by atoms with E-state index in [-0.39, 0.29) is 5.16 Å². The van der Waals surface area contributed by atoms with Gasteiger partial charge in [-0.15, -0.1) is 0 Å². The summed E-state index contributed by atoms with van der Waals surface area (Å²) >= 11 is 5.98. The molecule has 3 heteroatoms. The van der Waals surface area contributed by atoms with Gasteiger partial charge >= 0.3 is 0 Å². The summed E-state index contributed by atoms with van der Waals surface area (Å²) in [6.07, 6.45) is 0.